The average molecular weight is 370 g/mol. The minimum absolute atomic E-state index is 0.115. The molecule has 0 saturated carbocycles. The highest BCUT2D eigenvalue weighted by atomic mass is 19.1. The van der Waals surface area contributed by atoms with Crippen molar-refractivity contribution in [1.29, 1.82) is 0 Å². The number of nitrogens with two attached hydrogens (primary N) is 1. The minimum atomic E-state index is -0.501. The Labute approximate surface area is 156 Å². The summed E-state index contributed by atoms with van der Waals surface area (Å²) in [5.74, 6) is -0.999. The summed E-state index contributed by atoms with van der Waals surface area (Å²) >= 11 is 0. The van der Waals surface area contributed by atoms with Gasteiger partial charge in [0.25, 0.3) is 5.91 Å². The second-order valence-corrected chi connectivity index (χ2v) is 6.47. The Kier molecular flexibility index (Phi) is 5.61. The first kappa shape index (κ1) is 18.7. The zero-order valence-corrected chi connectivity index (χ0v) is 14.9. The van der Waals surface area contributed by atoms with Crippen molar-refractivity contribution in [2.75, 3.05) is 16.8 Å². The molecule has 0 radical (unpaired) electrons. The van der Waals surface area contributed by atoms with Crippen molar-refractivity contribution in [3.8, 4) is 0 Å². The first-order chi connectivity index (χ1) is 13.0. The third kappa shape index (κ3) is 4.38. The molecule has 1 saturated heterocycles. The van der Waals surface area contributed by atoms with Crippen LogP contribution in [0.1, 0.15) is 18.9 Å². The van der Waals surface area contributed by atoms with E-state index in [1.807, 2.05) is 0 Å². The maximum Gasteiger partial charge on any atom is 0.292 e. The molecule has 1 heterocycles. The van der Waals surface area contributed by atoms with Crippen LogP contribution >= 0.6 is 0 Å². The van der Waals surface area contributed by atoms with Crippen LogP contribution in [0.2, 0.25) is 0 Å². The summed E-state index contributed by atoms with van der Waals surface area (Å²) in [5, 5.41) is 4.43. The molecule has 0 unspecified atom stereocenters. The Hall–Kier alpha value is -3.06. The quantitative estimate of drug-likeness (QED) is 0.750. The molecule has 6 nitrogen and oxygen atoms in total. The van der Waals surface area contributed by atoms with E-state index in [1.54, 1.807) is 47.8 Å². The van der Waals surface area contributed by atoms with Gasteiger partial charge in [0, 0.05) is 19.0 Å². The van der Waals surface area contributed by atoms with Gasteiger partial charge in [-0.05, 0) is 35.9 Å². The molecule has 7 heteroatoms. The number of benzene rings is 2. The fourth-order valence-corrected chi connectivity index (χ4v) is 3.15. The lowest BCUT2D eigenvalue weighted by Crippen LogP contribution is -2.92. The van der Waals surface area contributed by atoms with E-state index >= 15 is 0 Å². The normalized spacial score (nSPS) is 16.7. The number of carbonyl (C=O) groups excluding carboxylic acids is 3. The molecule has 1 aliphatic heterocycles. The van der Waals surface area contributed by atoms with E-state index in [4.69, 9.17) is 0 Å². The van der Waals surface area contributed by atoms with Crippen molar-refractivity contribution in [3.63, 3.8) is 0 Å². The molecular weight excluding hydrogens is 349 g/mol. The van der Waals surface area contributed by atoms with Gasteiger partial charge in [-0.25, -0.2) is 9.29 Å². The Morgan fingerprint density at radius 1 is 1.19 bits per heavy atom. The smallest absolute Gasteiger partial charge is 0.292 e. The Morgan fingerprint density at radius 2 is 1.89 bits per heavy atom. The van der Waals surface area contributed by atoms with Gasteiger partial charge in [-0.2, -0.15) is 0 Å². The molecule has 2 aromatic rings. The van der Waals surface area contributed by atoms with E-state index in [0.29, 0.717) is 29.9 Å². The highest BCUT2D eigenvalue weighted by Crippen LogP contribution is 2.23. The summed E-state index contributed by atoms with van der Waals surface area (Å²) in [6, 6.07) is 12.6. The predicted octanol–water partition coefficient (Wildman–Crippen LogP) is 1.22. The van der Waals surface area contributed by atoms with Gasteiger partial charge in [0.2, 0.25) is 11.8 Å². The van der Waals surface area contributed by atoms with Crippen LogP contribution in [-0.4, -0.2) is 30.3 Å². The van der Waals surface area contributed by atoms with Crippen LogP contribution in [0.3, 0.4) is 0 Å². The van der Waals surface area contributed by atoms with Crippen molar-refractivity contribution in [3.05, 3.63) is 59.9 Å². The number of anilines is 2. The Morgan fingerprint density at radius 3 is 2.56 bits per heavy atom. The summed E-state index contributed by atoms with van der Waals surface area (Å²) in [6.45, 7) is 1.92. The maximum atomic E-state index is 13.7. The summed E-state index contributed by atoms with van der Waals surface area (Å²) in [7, 11) is 0. The number of hydrogen-bond donors (Lipinski definition) is 2. The van der Waals surface area contributed by atoms with E-state index in [1.165, 1.54) is 17.9 Å². The van der Waals surface area contributed by atoms with Crippen molar-refractivity contribution in [1.82, 2.24) is 0 Å². The fraction of sp³-hybridized carbons (Fsp3) is 0.250. The second kappa shape index (κ2) is 8.09. The lowest BCUT2D eigenvalue weighted by Gasteiger charge is -2.15. The molecule has 0 aromatic heterocycles. The predicted molar refractivity (Wildman–Crippen MR) is 98.5 cm³/mol. The SMILES string of the molecule is CC(=O)Nc1ccc(N2C(=O)C[C@@H]([NH2+]CCc3ccccc3F)C2=O)cc1. The molecule has 2 aromatic carbocycles. The van der Waals surface area contributed by atoms with Crippen LogP contribution in [0.5, 0.6) is 0 Å². The Bertz CT molecular complexity index is 867. The van der Waals surface area contributed by atoms with Crippen LogP contribution in [-0.2, 0) is 20.8 Å². The van der Waals surface area contributed by atoms with Gasteiger partial charge < -0.3 is 10.6 Å². The molecule has 3 amide bonds. The third-order valence-electron chi connectivity index (χ3n) is 4.45. The van der Waals surface area contributed by atoms with Gasteiger partial charge in [-0.3, -0.25) is 14.4 Å². The van der Waals surface area contributed by atoms with E-state index < -0.39 is 6.04 Å². The summed E-state index contributed by atoms with van der Waals surface area (Å²) in [4.78, 5) is 37.2. The molecule has 1 atom stereocenters. The van der Waals surface area contributed by atoms with Crippen LogP contribution in [0.4, 0.5) is 15.8 Å². The first-order valence-electron chi connectivity index (χ1n) is 8.77. The van der Waals surface area contributed by atoms with Crippen molar-refractivity contribution in [2.45, 2.75) is 25.8 Å². The van der Waals surface area contributed by atoms with E-state index in [2.05, 4.69) is 5.32 Å². The van der Waals surface area contributed by atoms with Gasteiger partial charge >= 0.3 is 0 Å². The van der Waals surface area contributed by atoms with Crippen LogP contribution in [0, 0.1) is 5.82 Å². The van der Waals surface area contributed by atoms with Crippen LogP contribution in [0.15, 0.2) is 48.5 Å². The number of nitrogens with one attached hydrogen (secondary N) is 1. The largest absolute Gasteiger partial charge is 0.335 e. The molecule has 1 fully saturated rings. The van der Waals surface area contributed by atoms with Crippen molar-refractivity contribution < 1.29 is 24.1 Å². The van der Waals surface area contributed by atoms with E-state index in [0.717, 1.165) is 0 Å². The number of amides is 3. The minimum Gasteiger partial charge on any atom is -0.335 e. The molecule has 3 N–H and O–H groups in total. The number of quaternary nitrogens is 1. The van der Waals surface area contributed by atoms with Crippen molar-refractivity contribution in [2.24, 2.45) is 0 Å². The molecule has 0 aliphatic carbocycles. The van der Waals surface area contributed by atoms with E-state index in [-0.39, 0.29) is 30.0 Å². The Balaban J connectivity index is 1.61. The van der Waals surface area contributed by atoms with Gasteiger partial charge in [0.15, 0.2) is 6.04 Å². The fourth-order valence-electron chi connectivity index (χ4n) is 3.15. The molecule has 140 valence electrons. The summed E-state index contributed by atoms with van der Waals surface area (Å²) in [6.07, 6.45) is 0.597. The highest BCUT2D eigenvalue weighted by molar-refractivity contribution is 6.21. The number of hydrogen-bond acceptors (Lipinski definition) is 3. The summed E-state index contributed by atoms with van der Waals surface area (Å²) in [5.41, 5.74) is 1.67. The highest BCUT2D eigenvalue weighted by Gasteiger charge is 2.42. The lowest BCUT2D eigenvalue weighted by atomic mass is 10.1. The molecule has 1 aliphatic rings. The summed E-state index contributed by atoms with van der Waals surface area (Å²) < 4.78 is 13.7. The van der Waals surface area contributed by atoms with Gasteiger partial charge in [0.1, 0.15) is 5.82 Å². The molecule has 3 rings (SSSR count). The van der Waals surface area contributed by atoms with Gasteiger partial charge in [-0.1, -0.05) is 18.2 Å². The maximum absolute atomic E-state index is 13.7. The van der Waals surface area contributed by atoms with E-state index in [9.17, 15) is 18.8 Å². The van der Waals surface area contributed by atoms with Crippen LogP contribution in [0.25, 0.3) is 0 Å². The van der Waals surface area contributed by atoms with Crippen molar-refractivity contribution >= 4 is 29.1 Å². The zero-order chi connectivity index (χ0) is 19.4. The average Bonchev–Trinajstić information content (AvgIpc) is 2.91. The van der Waals surface area contributed by atoms with Gasteiger partial charge in [0.05, 0.1) is 18.7 Å². The number of carbonyl (C=O) groups is 3. The number of halogens is 1. The van der Waals surface area contributed by atoms with Gasteiger partial charge in [-0.15, -0.1) is 0 Å². The molecule has 27 heavy (non-hydrogen) atoms. The standard InChI is InChI=1S/C20H20FN3O3/c1-13(25)23-15-6-8-16(9-7-15)24-19(26)12-18(20(24)27)22-11-10-14-4-2-3-5-17(14)21/h2-9,18,22H,10-12H2,1H3,(H,23,25)/p+1/t18-/m1/s1. The second-order valence-electron chi connectivity index (χ2n) is 6.47. The topological polar surface area (TPSA) is 83.1 Å². The monoisotopic (exact) mass is 370 g/mol. The van der Waals surface area contributed by atoms with Crippen LogP contribution < -0.4 is 15.5 Å². The number of nitrogens with zero attached hydrogens (tertiary/aromatic N) is 1. The molecule has 0 bridgehead atoms. The number of imide groups is 1. The first-order valence-corrected chi connectivity index (χ1v) is 8.77. The number of rotatable bonds is 6. The molecular formula is C20H21FN3O3+. The third-order valence-corrected chi connectivity index (χ3v) is 4.45. The zero-order valence-electron chi connectivity index (χ0n) is 14.9. The molecule has 0 spiro atoms. The lowest BCUT2D eigenvalue weighted by molar-refractivity contribution is -0.674.